The molecule has 4 rings (SSSR count). The van der Waals surface area contributed by atoms with Crippen LogP contribution in [0.3, 0.4) is 0 Å². The van der Waals surface area contributed by atoms with Crippen molar-refractivity contribution in [2.24, 2.45) is 0 Å². The first-order chi connectivity index (χ1) is 16.9. The summed E-state index contributed by atoms with van der Waals surface area (Å²) in [6.45, 7) is 0.0336. The number of hydrogen-bond donors (Lipinski definition) is 3. The summed E-state index contributed by atoms with van der Waals surface area (Å²) in [7, 11) is -2.56. The highest BCUT2D eigenvalue weighted by molar-refractivity contribution is 7.89. The lowest BCUT2D eigenvalue weighted by atomic mass is 9.86. The van der Waals surface area contributed by atoms with Gasteiger partial charge < -0.3 is 9.84 Å². The number of carbonyl (C=O) groups is 1. The van der Waals surface area contributed by atoms with E-state index in [1.54, 1.807) is 17.6 Å². The van der Waals surface area contributed by atoms with Gasteiger partial charge in [-0.3, -0.25) is 10.0 Å². The fraction of sp³-hybridized carbons (Fsp3) is 0.320. The highest BCUT2D eigenvalue weighted by Crippen LogP contribution is 2.39. The molecular weight excluding hydrogens is 488 g/mol. The van der Waals surface area contributed by atoms with Crippen LogP contribution in [0.5, 0.6) is 5.75 Å². The van der Waals surface area contributed by atoms with E-state index in [2.05, 4.69) is 0 Å². The van der Waals surface area contributed by atoms with Gasteiger partial charge in [0.2, 0.25) is 10.0 Å². The first kappa shape index (κ1) is 25.3. The highest BCUT2D eigenvalue weighted by atomic mass is 32.2. The molecule has 1 aromatic heterocycles. The zero-order valence-electron chi connectivity index (χ0n) is 19.3. The van der Waals surface area contributed by atoms with Crippen LogP contribution in [0, 0.1) is 0 Å². The van der Waals surface area contributed by atoms with Crippen molar-refractivity contribution in [2.75, 3.05) is 13.7 Å². The molecule has 0 unspecified atom stereocenters. The molecule has 0 fully saturated rings. The van der Waals surface area contributed by atoms with Gasteiger partial charge >= 0.3 is 0 Å². The molecule has 2 atom stereocenters. The van der Waals surface area contributed by atoms with Crippen molar-refractivity contribution in [3.05, 3.63) is 81.5 Å². The first-order valence-corrected chi connectivity index (χ1v) is 13.6. The molecule has 3 aromatic rings. The Balaban J connectivity index is 1.73. The zero-order valence-corrected chi connectivity index (χ0v) is 20.9. The van der Waals surface area contributed by atoms with Crippen molar-refractivity contribution in [3.8, 4) is 5.75 Å². The molecule has 0 bridgehead atoms. The maximum atomic E-state index is 13.7. The number of sulfonamides is 1. The van der Waals surface area contributed by atoms with E-state index in [1.165, 1.54) is 34.9 Å². The number of methoxy groups -OCH3 is 1. The Labute approximate surface area is 208 Å². The van der Waals surface area contributed by atoms with Crippen LogP contribution < -0.4 is 10.2 Å². The van der Waals surface area contributed by atoms with Crippen molar-refractivity contribution in [1.29, 1.82) is 0 Å². The predicted molar refractivity (Wildman–Crippen MR) is 132 cm³/mol. The van der Waals surface area contributed by atoms with Gasteiger partial charge in [0.15, 0.2) is 0 Å². The molecule has 8 nitrogen and oxygen atoms in total. The van der Waals surface area contributed by atoms with Gasteiger partial charge in [-0.25, -0.2) is 13.9 Å². The molecule has 0 aliphatic carbocycles. The monoisotopic (exact) mass is 516 g/mol. The minimum atomic E-state index is -4.06. The highest BCUT2D eigenvalue weighted by Gasteiger charge is 2.44. The first-order valence-electron chi connectivity index (χ1n) is 11.2. The van der Waals surface area contributed by atoms with Gasteiger partial charge in [-0.05, 0) is 71.7 Å². The van der Waals surface area contributed by atoms with Gasteiger partial charge in [-0.15, -0.1) is 11.3 Å². The third kappa shape index (κ3) is 5.26. The molecule has 1 aliphatic heterocycles. The van der Waals surface area contributed by atoms with Gasteiger partial charge in [-0.2, -0.15) is 4.31 Å². The third-order valence-electron chi connectivity index (χ3n) is 6.39. The van der Waals surface area contributed by atoms with Crippen LogP contribution in [0.2, 0.25) is 0 Å². The molecule has 0 saturated heterocycles. The van der Waals surface area contributed by atoms with E-state index in [0.29, 0.717) is 25.0 Å². The van der Waals surface area contributed by atoms with Crippen LogP contribution >= 0.6 is 11.3 Å². The van der Waals surface area contributed by atoms with Crippen LogP contribution in [-0.2, 0) is 34.3 Å². The van der Waals surface area contributed by atoms with Gasteiger partial charge in [-0.1, -0.05) is 24.3 Å². The zero-order chi connectivity index (χ0) is 25.0. The van der Waals surface area contributed by atoms with Crippen molar-refractivity contribution in [3.63, 3.8) is 0 Å². The van der Waals surface area contributed by atoms with Crippen molar-refractivity contribution in [2.45, 2.75) is 42.7 Å². The summed E-state index contributed by atoms with van der Waals surface area (Å²) in [6, 6.07) is 14.4. The smallest absolute Gasteiger partial charge is 0.262 e. The number of hydrogen-bond acceptors (Lipinski definition) is 7. The number of benzene rings is 2. The fourth-order valence-electron chi connectivity index (χ4n) is 4.66. The van der Waals surface area contributed by atoms with E-state index >= 15 is 0 Å². The minimum Gasteiger partial charge on any atom is -0.497 e. The number of fused-ring (bicyclic) bond motifs is 1. The Bertz CT molecular complexity index is 1270. The lowest BCUT2D eigenvalue weighted by Gasteiger charge is -2.33. The fourth-order valence-corrected chi connectivity index (χ4v) is 7.22. The second-order valence-electron chi connectivity index (χ2n) is 8.38. The Morgan fingerprint density at radius 3 is 2.60 bits per heavy atom. The molecule has 0 saturated carbocycles. The molecule has 186 valence electrons. The summed E-state index contributed by atoms with van der Waals surface area (Å²) in [5, 5.41) is 21.0. The van der Waals surface area contributed by atoms with Gasteiger partial charge in [0.1, 0.15) is 11.8 Å². The standard InChI is InChI=1S/C25H28N2O6S2/c1-33-19-6-8-20(9-7-19)35(31,32)27-13-11-23-21(12-14-34-23)22(24(27)25(29)26-30)10-5-17-3-2-4-18(15-17)16-28/h2-4,6-9,12,14-15,22,24,28,30H,5,10-11,13,16H2,1H3,(H,26,29)/t22-,24-/m0/s1. The molecule has 10 heteroatoms. The van der Waals surface area contributed by atoms with Gasteiger partial charge in [0, 0.05) is 17.3 Å². The molecule has 0 radical (unpaired) electrons. The molecule has 2 aromatic carbocycles. The SMILES string of the molecule is COc1ccc(S(=O)(=O)N2CCc3sccc3[C@H](CCc3cccc(CO)c3)[C@H]2C(=O)NO)cc1. The van der Waals surface area contributed by atoms with E-state index in [4.69, 9.17) is 4.74 Å². The minimum absolute atomic E-state index is 0.0497. The van der Waals surface area contributed by atoms with Gasteiger partial charge in [0.05, 0.1) is 18.6 Å². The van der Waals surface area contributed by atoms with Crippen LogP contribution in [0.15, 0.2) is 64.9 Å². The summed E-state index contributed by atoms with van der Waals surface area (Å²) in [5.41, 5.74) is 4.40. The third-order valence-corrected chi connectivity index (χ3v) is 9.28. The maximum absolute atomic E-state index is 13.7. The van der Waals surface area contributed by atoms with Crippen LogP contribution in [0.1, 0.15) is 33.9 Å². The summed E-state index contributed by atoms with van der Waals surface area (Å²) < 4.78 is 33.8. The van der Waals surface area contributed by atoms with Gasteiger partial charge in [0.25, 0.3) is 5.91 Å². The normalized spacial score (nSPS) is 18.5. The van der Waals surface area contributed by atoms with Crippen LogP contribution in [-0.4, -0.2) is 48.6 Å². The van der Waals surface area contributed by atoms with Crippen molar-refractivity contribution < 1.29 is 28.3 Å². The van der Waals surface area contributed by atoms with E-state index in [-0.39, 0.29) is 18.0 Å². The summed E-state index contributed by atoms with van der Waals surface area (Å²) in [5.74, 6) is -0.721. The lowest BCUT2D eigenvalue weighted by molar-refractivity contribution is -0.134. The number of carbonyl (C=O) groups excluding carboxylic acids is 1. The van der Waals surface area contributed by atoms with Crippen molar-refractivity contribution >= 4 is 27.3 Å². The topological polar surface area (TPSA) is 116 Å². The average molecular weight is 517 g/mol. The molecule has 2 heterocycles. The number of aliphatic hydroxyl groups excluding tert-OH is 1. The average Bonchev–Trinajstić information content (AvgIpc) is 3.29. The van der Waals surface area contributed by atoms with Crippen LogP contribution in [0.25, 0.3) is 0 Å². The molecule has 1 aliphatic rings. The number of ether oxygens (including phenoxy) is 1. The number of amides is 1. The Morgan fingerprint density at radius 2 is 1.91 bits per heavy atom. The Morgan fingerprint density at radius 1 is 1.17 bits per heavy atom. The second kappa shape index (κ2) is 10.9. The Hall–Kier alpha value is -2.76. The van der Waals surface area contributed by atoms with E-state index in [1.807, 2.05) is 35.7 Å². The molecule has 35 heavy (non-hydrogen) atoms. The Kier molecular flexibility index (Phi) is 7.88. The van der Waals surface area contributed by atoms with Crippen LogP contribution in [0.4, 0.5) is 0 Å². The number of nitrogens with zero attached hydrogens (tertiary/aromatic N) is 1. The largest absolute Gasteiger partial charge is 0.497 e. The lowest BCUT2D eigenvalue weighted by Crippen LogP contribution is -2.51. The van der Waals surface area contributed by atoms with E-state index in [9.17, 15) is 23.5 Å². The number of rotatable bonds is 8. The number of thiophene rings is 1. The van der Waals surface area contributed by atoms with Crippen molar-refractivity contribution in [1.82, 2.24) is 9.79 Å². The number of nitrogens with one attached hydrogen (secondary N) is 1. The summed E-state index contributed by atoms with van der Waals surface area (Å²) in [6.07, 6.45) is 1.51. The second-order valence-corrected chi connectivity index (χ2v) is 11.3. The predicted octanol–water partition coefficient (Wildman–Crippen LogP) is 3.09. The number of aliphatic hydroxyl groups is 1. The number of hydroxylamine groups is 1. The molecule has 1 amide bonds. The summed E-state index contributed by atoms with van der Waals surface area (Å²) >= 11 is 1.54. The van der Waals surface area contributed by atoms with E-state index in [0.717, 1.165) is 21.6 Å². The summed E-state index contributed by atoms with van der Waals surface area (Å²) in [4.78, 5) is 14.1. The molecular formula is C25H28N2O6S2. The molecule has 3 N–H and O–H groups in total. The maximum Gasteiger partial charge on any atom is 0.262 e. The van der Waals surface area contributed by atoms with E-state index < -0.39 is 27.9 Å². The molecule has 0 spiro atoms. The quantitative estimate of drug-likeness (QED) is 0.313. The number of aryl methyl sites for hydroxylation is 1.